The van der Waals surface area contributed by atoms with E-state index >= 15 is 0 Å². The standard InChI is InChI=1S/C21H27N3O4S/c1-3-18-6-4-5-7-20(18)28-16-22-21(25)23-12-14-24(15-13-23)29(26,27)19-10-8-17(2)9-11-19/h4-11H,3,12-16H2,1-2H3,(H,22,25). The van der Waals surface area contributed by atoms with Crippen LogP contribution in [0.15, 0.2) is 53.4 Å². The number of urea groups is 1. The fourth-order valence-corrected chi connectivity index (χ4v) is 4.64. The van der Waals surface area contributed by atoms with Gasteiger partial charge in [0.15, 0.2) is 6.73 Å². The molecule has 2 aromatic rings. The van der Waals surface area contributed by atoms with E-state index in [4.69, 9.17) is 4.74 Å². The lowest BCUT2D eigenvalue weighted by Crippen LogP contribution is -2.53. The Hall–Kier alpha value is -2.58. The maximum atomic E-state index is 12.8. The van der Waals surface area contributed by atoms with Gasteiger partial charge in [-0.25, -0.2) is 13.2 Å². The van der Waals surface area contributed by atoms with Gasteiger partial charge in [0, 0.05) is 26.2 Å². The van der Waals surface area contributed by atoms with E-state index in [0.29, 0.717) is 13.1 Å². The third-order valence-electron chi connectivity index (χ3n) is 4.99. The van der Waals surface area contributed by atoms with Crippen LogP contribution in [-0.2, 0) is 16.4 Å². The van der Waals surface area contributed by atoms with Crippen LogP contribution in [0.4, 0.5) is 4.79 Å². The zero-order valence-electron chi connectivity index (χ0n) is 16.8. The van der Waals surface area contributed by atoms with Crippen LogP contribution in [0.25, 0.3) is 0 Å². The van der Waals surface area contributed by atoms with Gasteiger partial charge in [0.1, 0.15) is 5.75 Å². The van der Waals surface area contributed by atoms with Gasteiger partial charge in [-0.1, -0.05) is 42.8 Å². The molecule has 156 valence electrons. The van der Waals surface area contributed by atoms with E-state index < -0.39 is 10.0 Å². The molecule has 0 unspecified atom stereocenters. The van der Waals surface area contributed by atoms with Crippen LogP contribution in [0, 0.1) is 6.92 Å². The average molecular weight is 418 g/mol. The van der Waals surface area contributed by atoms with E-state index in [-0.39, 0.29) is 30.7 Å². The molecule has 7 nitrogen and oxygen atoms in total. The van der Waals surface area contributed by atoms with Gasteiger partial charge in [-0.15, -0.1) is 0 Å². The molecular formula is C21H27N3O4S. The Morgan fingerprint density at radius 3 is 2.34 bits per heavy atom. The maximum absolute atomic E-state index is 12.8. The molecule has 0 aliphatic carbocycles. The second kappa shape index (κ2) is 9.28. The summed E-state index contributed by atoms with van der Waals surface area (Å²) >= 11 is 0. The molecule has 0 bridgehead atoms. The lowest BCUT2D eigenvalue weighted by atomic mass is 10.1. The minimum absolute atomic E-state index is 0.0672. The van der Waals surface area contributed by atoms with Crippen LogP contribution in [0.1, 0.15) is 18.1 Å². The number of hydrogen-bond acceptors (Lipinski definition) is 4. The number of para-hydroxylation sites is 1. The van der Waals surface area contributed by atoms with E-state index in [9.17, 15) is 13.2 Å². The van der Waals surface area contributed by atoms with Crippen molar-refractivity contribution in [3.05, 3.63) is 59.7 Å². The van der Waals surface area contributed by atoms with Gasteiger partial charge in [-0.3, -0.25) is 0 Å². The Balaban J connectivity index is 1.50. The molecule has 0 aromatic heterocycles. The number of ether oxygens (including phenoxy) is 1. The third-order valence-corrected chi connectivity index (χ3v) is 6.90. The first-order valence-electron chi connectivity index (χ1n) is 9.72. The molecule has 1 N–H and O–H groups in total. The summed E-state index contributed by atoms with van der Waals surface area (Å²) in [6.07, 6.45) is 0.849. The number of carbonyl (C=O) groups is 1. The number of carbonyl (C=O) groups excluding carboxylic acids is 1. The molecule has 1 fully saturated rings. The Labute approximate surface area is 172 Å². The zero-order valence-corrected chi connectivity index (χ0v) is 17.6. The van der Waals surface area contributed by atoms with Crippen LogP contribution in [0.5, 0.6) is 5.75 Å². The van der Waals surface area contributed by atoms with Crippen molar-refractivity contribution in [3.63, 3.8) is 0 Å². The van der Waals surface area contributed by atoms with Crippen LogP contribution in [0.3, 0.4) is 0 Å². The summed E-state index contributed by atoms with van der Waals surface area (Å²) in [5.41, 5.74) is 2.09. The number of aryl methyl sites for hydroxylation is 2. The highest BCUT2D eigenvalue weighted by atomic mass is 32.2. The summed E-state index contributed by atoms with van der Waals surface area (Å²) in [6.45, 7) is 5.23. The number of piperazine rings is 1. The van der Waals surface area contributed by atoms with E-state index in [1.54, 1.807) is 29.2 Å². The Bertz CT molecular complexity index is 937. The molecular weight excluding hydrogens is 390 g/mol. The highest BCUT2D eigenvalue weighted by Gasteiger charge is 2.30. The monoisotopic (exact) mass is 417 g/mol. The Morgan fingerprint density at radius 1 is 1.03 bits per heavy atom. The van der Waals surface area contributed by atoms with E-state index in [1.807, 2.05) is 38.1 Å². The van der Waals surface area contributed by atoms with Gasteiger partial charge in [0.25, 0.3) is 0 Å². The van der Waals surface area contributed by atoms with Crippen molar-refractivity contribution in [1.29, 1.82) is 0 Å². The quantitative estimate of drug-likeness (QED) is 0.733. The highest BCUT2D eigenvalue weighted by molar-refractivity contribution is 7.89. The summed E-state index contributed by atoms with van der Waals surface area (Å²) in [4.78, 5) is 14.3. The minimum Gasteiger partial charge on any atom is -0.473 e. The number of amides is 2. The van der Waals surface area contributed by atoms with Crippen molar-refractivity contribution in [1.82, 2.24) is 14.5 Å². The lowest BCUT2D eigenvalue weighted by Gasteiger charge is -2.34. The Kier molecular flexibility index (Phi) is 6.76. The fourth-order valence-electron chi connectivity index (χ4n) is 3.21. The third kappa shape index (κ3) is 5.07. The van der Waals surface area contributed by atoms with Crippen molar-refractivity contribution in [2.45, 2.75) is 25.2 Å². The number of nitrogens with zero attached hydrogens (tertiary/aromatic N) is 2. The van der Waals surface area contributed by atoms with Gasteiger partial charge in [0.05, 0.1) is 4.90 Å². The van der Waals surface area contributed by atoms with Crippen molar-refractivity contribution < 1.29 is 17.9 Å². The molecule has 1 aliphatic heterocycles. The van der Waals surface area contributed by atoms with Gasteiger partial charge >= 0.3 is 6.03 Å². The summed E-state index contributed by atoms with van der Waals surface area (Å²) in [6, 6.07) is 14.3. The highest BCUT2D eigenvalue weighted by Crippen LogP contribution is 2.19. The van der Waals surface area contributed by atoms with E-state index in [0.717, 1.165) is 23.3 Å². The smallest absolute Gasteiger partial charge is 0.320 e. The molecule has 2 aromatic carbocycles. The molecule has 1 saturated heterocycles. The van der Waals surface area contributed by atoms with Crippen molar-refractivity contribution >= 4 is 16.1 Å². The molecule has 1 heterocycles. The van der Waals surface area contributed by atoms with E-state index in [2.05, 4.69) is 5.32 Å². The number of rotatable bonds is 6. The molecule has 0 radical (unpaired) electrons. The molecule has 0 atom stereocenters. The molecule has 3 rings (SSSR count). The summed E-state index contributed by atoms with van der Waals surface area (Å²) < 4.78 is 32.6. The summed E-state index contributed by atoms with van der Waals surface area (Å²) in [7, 11) is -3.54. The average Bonchev–Trinajstić information content (AvgIpc) is 2.74. The first-order valence-corrected chi connectivity index (χ1v) is 11.2. The zero-order chi connectivity index (χ0) is 20.9. The van der Waals surface area contributed by atoms with Crippen molar-refractivity contribution in [3.8, 4) is 5.75 Å². The normalized spacial score (nSPS) is 15.2. The predicted octanol–water partition coefficient (Wildman–Crippen LogP) is 2.61. The first kappa shape index (κ1) is 21.1. The van der Waals surface area contributed by atoms with Gasteiger partial charge in [-0.2, -0.15) is 4.31 Å². The van der Waals surface area contributed by atoms with Crippen molar-refractivity contribution in [2.24, 2.45) is 0 Å². The first-order chi connectivity index (χ1) is 13.9. The SMILES string of the molecule is CCc1ccccc1OCNC(=O)N1CCN(S(=O)(=O)c2ccc(C)cc2)CC1. The summed E-state index contributed by atoms with van der Waals surface area (Å²) in [5.74, 6) is 0.754. The lowest BCUT2D eigenvalue weighted by molar-refractivity contribution is 0.162. The van der Waals surface area contributed by atoms with Crippen molar-refractivity contribution in [2.75, 3.05) is 32.9 Å². The fraction of sp³-hybridized carbons (Fsp3) is 0.381. The number of benzene rings is 2. The molecule has 29 heavy (non-hydrogen) atoms. The molecule has 0 saturated carbocycles. The molecule has 1 aliphatic rings. The second-order valence-corrected chi connectivity index (χ2v) is 8.87. The van der Waals surface area contributed by atoms with Crippen LogP contribution >= 0.6 is 0 Å². The second-order valence-electron chi connectivity index (χ2n) is 6.94. The number of sulfonamides is 1. The van der Waals surface area contributed by atoms with E-state index in [1.165, 1.54) is 4.31 Å². The summed E-state index contributed by atoms with van der Waals surface area (Å²) in [5, 5.41) is 2.74. The largest absolute Gasteiger partial charge is 0.473 e. The minimum atomic E-state index is -3.54. The number of hydrogen-bond donors (Lipinski definition) is 1. The van der Waals surface area contributed by atoms with Crippen LogP contribution in [-0.4, -0.2) is 56.6 Å². The topological polar surface area (TPSA) is 79.0 Å². The van der Waals surface area contributed by atoms with Crippen LogP contribution in [0.2, 0.25) is 0 Å². The number of nitrogens with one attached hydrogen (secondary N) is 1. The van der Waals surface area contributed by atoms with Gasteiger partial charge in [-0.05, 0) is 37.1 Å². The molecule has 2 amide bonds. The van der Waals surface area contributed by atoms with Gasteiger partial charge < -0.3 is 15.0 Å². The molecule has 8 heteroatoms. The van der Waals surface area contributed by atoms with Crippen LogP contribution < -0.4 is 10.1 Å². The molecule has 0 spiro atoms. The predicted molar refractivity (Wildman–Crippen MR) is 111 cm³/mol. The Morgan fingerprint density at radius 2 is 1.69 bits per heavy atom. The van der Waals surface area contributed by atoms with Gasteiger partial charge in [0.2, 0.25) is 10.0 Å². The maximum Gasteiger partial charge on any atom is 0.320 e.